The highest BCUT2D eigenvalue weighted by Gasteiger charge is 2.15. The van der Waals surface area contributed by atoms with Crippen molar-refractivity contribution in [3.05, 3.63) is 29.8 Å². The summed E-state index contributed by atoms with van der Waals surface area (Å²) in [5.41, 5.74) is 2.33. The first-order valence-electron chi connectivity index (χ1n) is 7.48. The normalized spacial score (nSPS) is 15.8. The third-order valence-corrected chi connectivity index (χ3v) is 3.53. The van der Waals surface area contributed by atoms with Crippen LogP contribution in [0.4, 0.5) is 5.69 Å². The molecule has 1 aromatic rings. The Morgan fingerprint density at radius 2 is 1.95 bits per heavy atom. The molecule has 0 aromatic heterocycles. The zero-order valence-corrected chi connectivity index (χ0v) is 12.2. The highest BCUT2D eigenvalue weighted by molar-refractivity contribution is 5.80. The molecule has 1 heterocycles. The third-order valence-electron chi connectivity index (χ3n) is 3.53. The predicted molar refractivity (Wildman–Crippen MR) is 80.9 cm³/mol. The molecule has 1 aliphatic rings. The molecular formula is C16H24N2O2. The second-order valence-electron chi connectivity index (χ2n) is 5.25. The van der Waals surface area contributed by atoms with E-state index >= 15 is 0 Å². The number of aryl methyl sites for hydroxylation is 1. The smallest absolute Gasteiger partial charge is 0.239 e. The van der Waals surface area contributed by atoms with Gasteiger partial charge in [0.25, 0.3) is 0 Å². The molecule has 0 bridgehead atoms. The van der Waals surface area contributed by atoms with E-state index in [0.29, 0.717) is 6.54 Å². The van der Waals surface area contributed by atoms with Crippen LogP contribution in [0.1, 0.15) is 31.7 Å². The minimum Gasteiger partial charge on any atom is -0.381 e. The standard InChI is InChI=1S/C16H24N2O2/c1-2-3-13-4-6-14(7-5-13)17-12-16(19)18-15-8-10-20-11-9-15/h4-7,15,17H,2-3,8-12H2,1H3,(H,18,19). The summed E-state index contributed by atoms with van der Waals surface area (Å²) >= 11 is 0. The first kappa shape index (κ1) is 14.9. The zero-order valence-electron chi connectivity index (χ0n) is 12.2. The molecule has 0 radical (unpaired) electrons. The zero-order chi connectivity index (χ0) is 14.2. The number of anilines is 1. The number of nitrogens with one attached hydrogen (secondary N) is 2. The van der Waals surface area contributed by atoms with Gasteiger partial charge in [-0.05, 0) is 37.0 Å². The van der Waals surface area contributed by atoms with Gasteiger partial charge in [-0.1, -0.05) is 25.5 Å². The van der Waals surface area contributed by atoms with Gasteiger partial charge in [0.2, 0.25) is 5.91 Å². The molecule has 0 saturated carbocycles. The molecular weight excluding hydrogens is 252 g/mol. The highest BCUT2D eigenvalue weighted by Crippen LogP contribution is 2.11. The van der Waals surface area contributed by atoms with Crippen LogP contribution in [-0.2, 0) is 16.0 Å². The summed E-state index contributed by atoms with van der Waals surface area (Å²) in [5.74, 6) is 0.0505. The van der Waals surface area contributed by atoms with Gasteiger partial charge < -0.3 is 15.4 Å². The number of rotatable bonds is 6. The number of carbonyl (C=O) groups is 1. The van der Waals surface area contributed by atoms with Gasteiger partial charge in [-0.25, -0.2) is 0 Å². The van der Waals surface area contributed by atoms with Crippen LogP contribution in [-0.4, -0.2) is 31.7 Å². The maximum absolute atomic E-state index is 11.8. The lowest BCUT2D eigenvalue weighted by molar-refractivity contribution is -0.120. The van der Waals surface area contributed by atoms with Gasteiger partial charge in [-0.15, -0.1) is 0 Å². The Bertz CT molecular complexity index is 411. The molecule has 1 saturated heterocycles. The van der Waals surface area contributed by atoms with E-state index in [1.807, 2.05) is 12.1 Å². The van der Waals surface area contributed by atoms with Crippen LogP contribution in [0.2, 0.25) is 0 Å². The van der Waals surface area contributed by atoms with E-state index in [1.54, 1.807) is 0 Å². The quantitative estimate of drug-likeness (QED) is 0.838. The monoisotopic (exact) mass is 276 g/mol. The minimum absolute atomic E-state index is 0.0505. The molecule has 1 fully saturated rings. The van der Waals surface area contributed by atoms with Crippen LogP contribution < -0.4 is 10.6 Å². The van der Waals surface area contributed by atoms with Gasteiger partial charge in [0.05, 0.1) is 6.54 Å². The van der Waals surface area contributed by atoms with E-state index in [9.17, 15) is 4.79 Å². The Morgan fingerprint density at radius 1 is 1.25 bits per heavy atom. The number of hydrogen-bond acceptors (Lipinski definition) is 3. The molecule has 1 aliphatic heterocycles. The lowest BCUT2D eigenvalue weighted by Gasteiger charge is -2.23. The molecule has 0 unspecified atom stereocenters. The van der Waals surface area contributed by atoms with E-state index in [1.165, 1.54) is 5.56 Å². The second-order valence-corrected chi connectivity index (χ2v) is 5.25. The van der Waals surface area contributed by atoms with Crippen LogP contribution in [0.15, 0.2) is 24.3 Å². The highest BCUT2D eigenvalue weighted by atomic mass is 16.5. The molecule has 4 heteroatoms. The van der Waals surface area contributed by atoms with Crippen molar-refractivity contribution in [2.75, 3.05) is 25.1 Å². The van der Waals surface area contributed by atoms with Crippen molar-refractivity contribution in [3.63, 3.8) is 0 Å². The van der Waals surface area contributed by atoms with Crippen molar-refractivity contribution < 1.29 is 9.53 Å². The fraction of sp³-hybridized carbons (Fsp3) is 0.562. The lowest BCUT2D eigenvalue weighted by Crippen LogP contribution is -2.41. The molecule has 4 nitrogen and oxygen atoms in total. The number of amides is 1. The first-order chi connectivity index (χ1) is 9.78. The Balaban J connectivity index is 1.72. The van der Waals surface area contributed by atoms with Crippen LogP contribution in [0.5, 0.6) is 0 Å². The van der Waals surface area contributed by atoms with E-state index in [0.717, 1.165) is 44.6 Å². The van der Waals surface area contributed by atoms with Crippen LogP contribution in [0, 0.1) is 0 Å². The maximum atomic E-state index is 11.8. The summed E-state index contributed by atoms with van der Waals surface area (Å²) in [5, 5.41) is 6.20. The summed E-state index contributed by atoms with van der Waals surface area (Å²) < 4.78 is 5.27. The Hall–Kier alpha value is -1.55. The van der Waals surface area contributed by atoms with Gasteiger partial charge in [0.15, 0.2) is 0 Å². The van der Waals surface area contributed by atoms with Crippen molar-refractivity contribution in [2.24, 2.45) is 0 Å². The van der Waals surface area contributed by atoms with Crippen LogP contribution in [0.25, 0.3) is 0 Å². The maximum Gasteiger partial charge on any atom is 0.239 e. The van der Waals surface area contributed by atoms with Crippen LogP contribution >= 0.6 is 0 Å². The Labute approximate surface area is 120 Å². The van der Waals surface area contributed by atoms with Crippen molar-refractivity contribution in [1.29, 1.82) is 0 Å². The van der Waals surface area contributed by atoms with Crippen LogP contribution in [0.3, 0.4) is 0 Å². The van der Waals surface area contributed by atoms with Gasteiger partial charge >= 0.3 is 0 Å². The molecule has 20 heavy (non-hydrogen) atoms. The van der Waals surface area contributed by atoms with Crippen molar-refractivity contribution in [3.8, 4) is 0 Å². The minimum atomic E-state index is 0.0505. The first-order valence-corrected chi connectivity index (χ1v) is 7.48. The summed E-state index contributed by atoms with van der Waals surface area (Å²) in [6.07, 6.45) is 4.08. The van der Waals surface area contributed by atoms with Crippen molar-refractivity contribution in [2.45, 2.75) is 38.6 Å². The molecule has 2 rings (SSSR count). The summed E-state index contributed by atoms with van der Waals surface area (Å²) in [6.45, 7) is 3.99. The number of carbonyl (C=O) groups excluding carboxylic acids is 1. The lowest BCUT2D eigenvalue weighted by atomic mass is 10.1. The summed E-state index contributed by atoms with van der Waals surface area (Å²) in [4.78, 5) is 11.8. The van der Waals surface area contributed by atoms with E-state index < -0.39 is 0 Å². The number of hydrogen-bond donors (Lipinski definition) is 2. The fourth-order valence-electron chi connectivity index (χ4n) is 2.38. The SMILES string of the molecule is CCCc1ccc(NCC(=O)NC2CCOCC2)cc1. The number of benzene rings is 1. The molecule has 0 aliphatic carbocycles. The fourth-order valence-corrected chi connectivity index (χ4v) is 2.38. The van der Waals surface area contributed by atoms with E-state index in [4.69, 9.17) is 4.74 Å². The Kier molecular flexibility index (Phi) is 5.87. The largest absolute Gasteiger partial charge is 0.381 e. The average molecular weight is 276 g/mol. The molecule has 0 atom stereocenters. The molecule has 110 valence electrons. The Morgan fingerprint density at radius 3 is 2.60 bits per heavy atom. The van der Waals surface area contributed by atoms with Gasteiger partial charge in [0.1, 0.15) is 0 Å². The van der Waals surface area contributed by atoms with Gasteiger partial charge in [-0.2, -0.15) is 0 Å². The predicted octanol–water partition coefficient (Wildman–Crippen LogP) is 2.35. The third kappa shape index (κ3) is 4.85. The average Bonchev–Trinajstić information content (AvgIpc) is 2.48. The second kappa shape index (κ2) is 7.90. The number of ether oxygens (including phenoxy) is 1. The topological polar surface area (TPSA) is 50.4 Å². The van der Waals surface area contributed by atoms with Crippen molar-refractivity contribution >= 4 is 11.6 Å². The molecule has 1 amide bonds. The van der Waals surface area contributed by atoms with E-state index in [2.05, 4.69) is 29.7 Å². The molecule has 0 spiro atoms. The summed E-state index contributed by atoms with van der Waals surface area (Å²) in [7, 11) is 0. The molecule has 1 aromatic carbocycles. The van der Waals surface area contributed by atoms with Gasteiger partial charge in [-0.3, -0.25) is 4.79 Å². The summed E-state index contributed by atoms with van der Waals surface area (Å²) in [6, 6.07) is 8.56. The van der Waals surface area contributed by atoms with E-state index in [-0.39, 0.29) is 11.9 Å². The van der Waals surface area contributed by atoms with Crippen molar-refractivity contribution in [1.82, 2.24) is 5.32 Å². The molecule has 2 N–H and O–H groups in total. The van der Waals surface area contributed by atoms with Gasteiger partial charge in [0, 0.05) is 24.9 Å².